The number of carbonyl (C=O) groups excluding carboxylic acids is 2. The Morgan fingerprint density at radius 2 is 1.97 bits per heavy atom. The molecule has 35 heavy (non-hydrogen) atoms. The summed E-state index contributed by atoms with van der Waals surface area (Å²) in [5.74, 6) is 0.985. The number of esters is 1. The van der Waals surface area contributed by atoms with Gasteiger partial charge in [-0.2, -0.15) is 0 Å². The van der Waals surface area contributed by atoms with Crippen molar-refractivity contribution < 1.29 is 29.3 Å². The Morgan fingerprint density at radius 3 is 2.69 bits per heavy atom. The van der Waals surface area contributed by atoms with E-state index in [1.807, 2.05) is 0 Å². The van der Waals surface area contributed by atoms with E-state index in [2.05, 4.69) is 27.7 Å². The number of benzene rings is 1. The van der Waals surface area contributed by atoms with Crippen molar-refractivity contribution in [2.75, 3.05) is 13.7 Å². The fourth-order valence-corrected chi connectivity index (χ4v) is 8.02. The van der Waals surface area contributed by atoms with Gasteiger partial charge in [-0.15, -0.1) is 0 Å². The summed E-state index contributed by atoms with van der Waals surface area (Å²) >= 11 is 0. The highest BCUT2D eigenvalue weighted by Crippen LogP contribution is 2.67. The Balaban J connectivity index is 1.48. The minimum absolute atomic E-state index is 0.129. The number of hydrogen-bond acceptors (Lipinski definition) is 6. The summed E-state index contributed by atoms with van der Waals surface area (Å²) in [6.45, 7) is 9.83. The van der Waals surface area contributed by atoms with Gasteiger partial charge in [0.2, 0.25) is 0 Å². The van der Waals surface area contributed by atoms with Crippen LogP contribution in [0.15, 0.2) is 6.07 Å². The van der Waals surface area contributed by atoms with Crippen LogP contribution >= 0.6 is 0 Å². The Morgan fingerprint density at radius 1 is 1.23 bits per heavy atom. The maximum absolute atomic E-state index is 13.2. The lowest BCUT2D eigenvalue weighted by Gasteiger charge is -2.64. The number of phenols is 1. The number of aliphatic hydroxyl groups excluding tert-OH is 1. The number of phenolic OH excluding ortho intramolecular Hbond substituents is 1. The van der Waals surface area contributed by atoms with Gasteiger partial charge in [-0.25, -0.2) is 0 Å². The van der Waals surface area contributed by atoms with E-state index in [9.17, 15) is 19.8 Å². The standard InChI is InChI=1S/C28H39NO6/c1-16-8-9-21-26(2,3)22(31)10-11-27(21,4)28(16)14-18-20(30)13-17-19(24(18)35-28)15-29(25(17)33)12-6-7-23(32)34-5/h13,16,21-22,30-31H,6-12,14-15H2,1-5H3/t16-,21+,22-,27+,28-/m1/s1. The third-order valence-corrected chi connectivity index (χ3v) is 10.2. The molecule has 2 fully saturated rings. The number of amides is 1. The van der Waals surface area contributed by atoms with Gasteiger partial charge in [0.1, 0.15) is 17.1 Å². The van der Waals surface area contributed by atoms with Crippen molar-refractivity contribution in [3.05, 3.63) is 22.8 Å². The molecule has 0 bridgehead atoms. The summed E-state index contributed by atoms with van der Waals surface area (Å²) in [6, 6.07) is 1.61. The van der Waals surface area contributed by atoms with E-state index in [-0.39, 0.29) is 46.9 Å². The number of fused-ring (bicyclic) bond motifs is 5. The fraction of sp³-hybridized carbons (Fsp3) is 0.714. The highest BCUT2D eigenvalue weighted by atomic mass is 16.5. The molecule has 0 unspecified atom stereocenters. The highest BCUT2D eigenvalue weighted by Gasteiger charge is 2.67. The third-order valence-electron chi connectivity index (χ3n) is 10.2. The molecule has 5 rings (SSSR count). The number of aliphatic hydroxyl groups is 1. The van der Waals surface area contributed by atoms with E-state index in [1.54, 1.807) is 11.0 Å². The number of methoxy groups -OCH3 is 1. The molecule has 192 valence electrons. The van der Waals surface area contributed by atoms with Crippen molar-refractivity contribution in [2.45, 2.75) is 90.9 Å². The zero-order valence-electron chi connectivity index (χ0n) is 21.6. The molecule has 7 nitrogen and oxygen atoms in total. The van der Waals surface area contributed by atoms with Crippen molar-refractivity contribution in [3.8, 4) is 11.5 Å². The van der Waals surface area contributed by atoms with Crippen molar-refractivity contribution >= 4 is 11.9 Å². The van der Waals surface area contributed by atoms with E-state index in [4.69, 9.17) is 9.47 Å². The summed E-state index contributed by atoms with van der Waals surface area (Å²) < 4.78 is 11.8. The van der Waals surface area contributed by atoms with E-state index >= 15 is 0 Å². The Kier molecular flexibility index (Phi) is 5.66. The van der Waals surface area contributed by atoms with Crippen LogP contribution < -0.4 is 4.74 Å². The summed E-state index contributed by atoms with van der Waals surface area (Å²) in [5, 5.41) is 21.9. The molecule has 0 aromatic heterocycles. The zero-order chi connectivity index (χ0) is 25.3. The van der Waals surface area contributed by atoms with E-state index in [1.165, 1.54) is 7.11 Å². The SMILES string of the molecule is COC(=O)CCCN1Cc2c(cc(O)c3c2O[C@]2(C3)[C@H](C)CC[C@H]3C(C)(C)[C@H](O)CC[C@@]32C)C1=O. The van der Waals surface area contributed by atoms with Gasteiger partial charge in [-0.05, 0) is 55.4 Å². The molecule has 2 saturated carbocycles. The molecule has 0 saturated heterocycles. The lowest BCUT2D eigenvalue weighted by atomic mass is 9.43. The summed E-state index contributed by atoms with van der Waals surface area (Å²) in [6.07, 6.45) is 4.76. The molecule has 2 N–H and O–H groups in total. The quantitative estimate of drug-likeness (QED) is 0.621. The third kappa shape index (κ3) is 3.33. The van der Waals surface area contributed by atoms with Crippen molar-refractivity contribution in [1.82, 2.24) is 4.90 Å². The van der Waals surface area contributed by atoms with Crippen LogP contribution in [-0.4, -0.2) is 52.3 Å². The van der Waals surface area contributed by atoms with Gasteiger partial charge in [0.05, 0.1) is 25.3 Å². The molecular weight excluding hydrogens is 446 g/mol. The van der Waals surface area contributed by atoms with Crippen LogP contribution in [0.5, 0.6) is 11.5 Å². The number of rotatable bonds is 4. The van der Waals surface area contributed by atoms with Gasteiger partial charge < -0.3 is 24.6 Å². The maximum Gasteiger partial charge on any atom is 0.305 e. The maximum atomic E-state index is 13.2. The predicted octanol–water partition coefficient (Wildman–Crippen LogP) is 4.21. The molecular formula is C28H39NO6. The second-order valence-corrected chi connectivity index (χ2v) is 12.1. The first-order valence-corrected chi connectivity index (χ1v) is 13.1. The average molecular weight is 486 g/mol. The van der Waals surface area contributed by atoms with Crippen molar-refractivity contribution in [2.24, 2.45) is 22.7 Å². The average Bonchev–Trinajstić information content (AvgIpc) is 3.36. The Labute approximate surface area is 207 Å². The summed E-state index contributed by atoms with van der Waals surface area (Å²) in [4.78, 5) is 26.4. The van der Waals surface area contributed by atoms with Crippen LogP contribution in [0.4, 0.5) is 0 Å². The number of nitrogens with zero attached hydrogens (tertiary/aromatic N) is 1. The lowest BCUT2D eigenvalue weighted by Crippen LogP contribution is -2.66. The number of ether oxygens (including phenoxy) is 2. The first-order chi connectivity index (χ1) is 16.5. The van der Waals surface area contributed by atoms with Gasteiger partial charge in [0.25, 0.3) is 5.91 Å². The summed E-state index contributed by atoms with van der Waals surface area (Å²) in [7, 11) is 1.36. The number of carbonyl (C=O) groups is 2. The molecule has 1 aromatic rings. The van der Waals surface area contributed by atoms with Crippen LogP contribution in [-0.2, 0) is 22.5 Å². The van der Waals surface area contributed by atoms with Crippen LogP contribution in [0, 0.1) is 22.7 Å². The van der Waals surface area contributed by atoms with Crippen LogP contribution in [0.1, 0.15) is 87.7 Å². The van der Waals surface area contributed by atoms with Gasteiger partial charge >= 0.3 is 5.97 Å². The zero-order valence-corrected chi connectivity index (χ0v) is 21.6. The first kappa shape index (κ1) is 24.4. The number of hydrogen-bond donors (Lipinski definition) is 2. The first-order valence-electron chi connectivity index (χ1n) is 13.1. The molecule has 2 aliphatic carbocycles. The van der Waals surface area contributed by atoms with Gasteiger partial charge in [0.15, 0.2) is 0 Å². The highest BCUT2D eigenvalue weighted by molar-refractivity contribution is 6.00. The second-order valence-electron chi connectivity index (χ2n) is 12.1. The molecule has 7 heteroatoms. The van der Waals surface area contributed by atoms with E-state index in [0.29, 0.717) is 43.2 Å². The minimum atomic E-state index is -0.483. The topological polar surface area (TPSA) is 96.3 Å². The predicted molar refractivity (Wildman–Crippen MR) is 130 cm³/mol. The van der Waals surface area contributed by atoms with Crippen LogP contribution in [0.2, 0.25) is 0 Å². The Bertz CT molecular complexity index is 1070. The molecule has 5 atom stereocenters. The molecule has 4 aliphatic rings. The van der Waals surface area contributed by atoms with Crippen LogP contribution in [0.3, 0.4) is 0 Å². The van der Waals surface area contributed by atoms with Crippen molar-refractivity contribution in [3.63, 3.8) is 0 Å². The molecule has 2 heterocycles. The minimum Gasteiger partial charge on any atom is -0.508 e. The van der Waals surface area contributed by atoms with Gasteiger partial charge in [-0.3, -0.25) is 9.59 Å². The van der Waals surface area contributed by atoms with Crippen LogP contribution in [0.25, 0.3) is 0 Å². The Hall–Kier alpha value is -2.28. The molecule has 1 aromatic carbocycles. The largest absolute Gasteiger partial charge is 0.508 e. The van der Waals surface area contributed by atoms with Gasteiger partial charge in [0, 0.05) is 35.9 Å². The molecule has 1 amide bonds. The van der Waals surface area contributed by atoms with E-state index < -0.39 is 5.60 Å². The molecule has 1 spiro atoms. The number of aromatic hydroxyl groups is 1. The monoisotopic (exact) mass is 485 g/mol. The second kappa shape index (κ2) is 8.12. The normalized spacial score (nSPS) is 34.9. The molecule has 0 radical (unpaired) electrons. The fourth-order valence-electron chi connectivity index (χ4n) is 8.02. The molecule has 2 aliphatic heterocycles. The van der Waals surface area contributed by atoms with Gasteiger partial charge in [-0.1, -0.05) is 27.7 Å². The van der Waals surface area contributed by atoms with Crippen molar-refractivity contribution in [1.29, 1.82) is 0 Å². The summed E-state index contributed by atoms with van der Waals surface area (Å²) in [5.41, 5.74) is 1.31. The smallest absolute Gasteiger partial charge is 0.305 e. The van der Waals surface area contributed by atoms with E-state index in [0.717, 1.165) is 36.8 Å². The lowest BCUT2D eigenvalue weighted by molar-refractivity contribution is -0.210.